The second kappa shape index (κ2) is 9.76. The summed E-state index contributed by atoms with van der Waals surface area (Å²) in [5, 5.41) is 0. The van der Waals surface area contributed by atoms with Crippen molar-refractivity contribution in [3.8, 4) is 11.5 Å². The maximum absolute atomic E-state index is 12.6. The van der Waals surface area contributed by atoms with E-state index in [1.165, 1.54) is 0 Å². The highest BCUT2D eigenvalue weighted by molar-refractivity contribution is 5.92. The molecule has 0 heterocycles. The molecule has 2 atom stereocenters. The zero-order valence-corrected chi connectivity index (χ0v) is 16.2. The SMILES string of the molecule is CCC(C(=O)OC(=O)C(CC)c1ccc(OC)cc1)c1ccc(OC)cc1. The predicted octanol–water partition coefficient (Wildman–Crippen LogP) is 4.46. The van der Waals surface area contributed by atoms with Gasteiger partial charge in [0.05, 0.1) is 26.1 Å². The maximum Gasteiger partial charge on any atom is 0.321 e. The van der Waals surface area contributed by atoms with E-state index < -0.39 is 23.8 Å². The average Bonchev–Trinajstić information content (AvgIpc) is 2.70. The molecule has 5 nitrogen and oxygen atoms in total. The van der Waals surface area contributed by atoms with Gasteiger partial charge in [-0.3, -0.25) is 9.59 Å². The zero-order valence-electron chi connectivity index (χ0n) is 16.2. The topological polar surface area (TPSA) is 61.8 Å². The number of methoxy groups -OCH3 is 2. The van der Waals surface area contributed by atoms with Gasteiger partial charge in [-0.1, -0.05) is 38.1 Å². The van der Waals surface area contributed by atoms with Crippen LogP contribution in [0.25, 0.3) is 0 Å². The van der Waals surface area contributed by atoms with Gasteiger partial charge in [-0.05, 0) is 48.2 Å². The molecule has 144 valence electrons. The molecule has 0 amide bonds. The summed E-state index contributed by atoms with van der Waals surface area (Å²) in [7, 11) is 3.17. The van der Waals surface area contributed by atoms with Crippen molar-refractivity contribution in [2.24, 2.45) is 0 Å². The lowest BCUT2D eigenvalue weighted by Crippen LogP contribution is -2.23. The molecule has 2 rings (SSSR count). The minimum Gasteiger partial charge on any atom is -0.497 e. The highest BCUT2D eigenvalue weighted by Gasteiger charge is 2.27. The number of hydrogen-bond donors (Lipinski definition) is 0. The molecule has 2 aromatic carbocycles. The van der Waals surface area contributed by atoms with Crippen LogP contribution >= 0.6 is 0 Å². The first-order valence-corrected chi connectivity index (χ1v) is 9.07. The number of benzene rings is 2. The number of rotatable bonds is 8. The molecule has 0 saturated carbocycles. The van der Waals surface area contributed by atoms with Crippen molar-refractivity contribution < 1.29 is 23.8 Å². The zero-order chi connectivity index (χ0) is 19.8. The molecule has 5 heteroatoms. The standard InChI is InChI=1S/C22H26O5/c1-5-19(15-7-11-17(25-3)12-8-15)21(23)27-22(24)20(6-2)16-9-13-18(26-4)14-10-16/h7-14,19-20H,5-6H2,1-4H3. The summed E-state index contributed by atoms with van der Waals surface area (Å²) in [5.74, 6) is -0.618. The number of carbonyl (C=O) groups excluding carboxylic acids is 2. The Bertz CT molecular complexity index is 684. The smallest absolute Gasteiger partial charge is 0.321 e. The van der Waals surface area contributed by atoms with Crippen molar-refractivity contribution >= 4 is 11.9 Å². The van der Waals surface area contributed by atoms with Crippen LogP contribution in [-0.2, 0) is 14.3 Å². The third kappa shape index (κ3) is 5.09. The lowest BCUT2D eigenvalue weighted by Gasteiger charge is -2.18. The van der Waals surface area contributed by atoms with Gasteiger partial charge in [0.25, 0.3) is 0 Å². The number of hydrogen-bond acceptors (Lipinski definition) is 5. The minimum atomic E-state index is -0.528. The van der Waals surface area contributed by atoms with Gasteiger partial charge in [-0.25, -0.2) is 0 Å². The Morgan fingerprint density at radius 1 is 0.704 bits per heavy atom. The van der Waals surface area contributed by atoms with Crippen LogP contribution in [0.5, 0.6) is 11.5 Å². The van der Waals surface area contributed by atoms with E-state index in [4.69, 9.17) is 14.2 Å². The first-order valence-electron chi connectivity index (χ1n) is 9.07. The average molecular weight is 370 g/mol. The van der Waals surface area contributed by atoms with Gasteiger partial charge in [-0.2, -0.15) is 0 Å². The summed E-state index contributed by atoms with van der Waals surface area (Å²) in [6.07, 6.45) is 1.08. The molecule has 0 aliphatic heterocycles. The van der Waals surface area contributed by atoms with E-state index in [9.17, 15) is 9.59 Å². The second-order valence-corrected chi connectivity index (χ2v) is 6.21. The molecule has 0 aliphatic carbocycles. The number of ether oxygens (including phenoxy) is 3. The van der Waals surface area contributed by atoms with Crippen molar-refractivity contribution in [1.82, 2.24) is 0 Å². The summed E-state index contributed by atoms with van der Waals surface area (Å²) in [6, 6.07) is 14.4. The fourth-order valence-electron chi connectivity index (χ4n) is 2.99. The molecule has 0 saturated heterocycles. The van der Waals surface area contributed by atoms with Crippen molar-refractivity contribution in [3.05, 3.63) is 59.7 Å². The molecule has 0 radical (unpaired) electrons. The van der Waals surface area contributed by atoms with E-state index in [-0.39, 0.29) is 0 Å². The summed E-state index contributed by atoms with van der Waals surface area (Å²) in [6.45, 7) is 3.78. The molecule has 27 heavy (non-hydrogen) atoms. The Hall–Kier alpha value is -2.82. The van der Waals surface area contributed by atoms with Gasteiger partial charge in [-0.15, -0.1) is 0 Å². The molecule has 2 aromatic rings. The molecule has 0 bridgehead atoms. The number of esters is 2. The third-order valence-electron chi connectivity index (χ3n) is 4.62. The lowest BCUT2D eigenvalue weighted by atomic mass is 9.95. The van der Waals surface area contributed by atoms with Crippen LogP contribution in [0, 0.1) is 0 Å². The Morgan fingerprint density at radius 3 is 1.30 bits per heavy atom. The predicted molar refractivity (Wildman–Crippen MR) is 103 cm³/mol. The molecule has 0 N–H and O–H groups in total. The Kier molecular flexibility index (Phi) is 7.41. The normalized spacial score (nSPS) is 12.7. The first kappa shape index (κ1) is 20.5. The van der Waals surface area contributed by atoms with Gasteiger partial charge in [0.2, 0.25) is 0 Å². The highest BCUT2D eigenvalue weighted by atomic mass is 16.6. The summed E-state index contributed by atoms with van der Waals surface area (Å²) in [5.41, 5.74) is 1.60. The molecular formula is C22H26O5. The molecule has 2 unspecified atom stereocenters. The van der Waals surface area contributed by atoms with Crippen LogP contribution in [0.3, 0.4) is 0 Å². The van der Waals surface area contributed by atoms with Crippen LogP contribution in [0.15, 0.2) is 48.5 Å². The largest absolute Gasteiger partial charge is 0.497 e. The molecule has 0 aliphatic rings. The van der Waals surface area contributed by atoms with Gasteiger partial charge in [0, 0.05) is 0 Å². The van der Waals surface area contributed by atoms with E-state index >= 15 is 0 Å². The van der Waals surface area contributed by atoms with Gasteiger partial charge >= 0.3 is 11.9 Å². The molecule has 0 spiro atoms. The van der Waals surface area contributed by atoms with Gasteiger partial charge in [0.1, 0.15) is 11.5 Å². The van der Waals surface area contributed by atoms with Crippen LogP contribution in [0.2, 0.25) is 0 Å². The van der Waals surface area contributed by atoms with Crippen molar-refractivity contribution in [1.29, 1.82) is 0 Å². The third-order valence-corrected chi connectivity index (χ3v) is 4.62. The van der Waals surface area contributed by atoms with Crippen molar-refractivity contribution in [2.45, 2.75) is 38.5 Å². The van der Waals surface area contributed by atoms with Gasteiger partial charge < -0.3 is 14.2 Å². The Balaban J connectivity index is 2.11. The van der Waals surface area contributed by atoms with E-state index in [0.29, 0.717) is 24.3 Å². The minimum absolute atomic E-state index is 0.492. The lowest BCUT2D eigenvalue weighted by molar-refractivity contribution is -0.162. The summed E-state index contributed by atoms with van der Waals surface area (Å²) >= 11 is 0. The van der Waals surface area contributed by atoms with Crippen LogP contribution in [0.4, 0.5) is 0 Å². The molecular weight excluding hydrogens is 344 g/mol. The number of carbonyl (C=O) groups is 2. The highest BCUT2D eigenvalue weighted by Crippen LogP contribution is 2.27. The van der Waals surface area contributed by atoms with E-state index in [1.807, 2.05) is 38.1 Å². The second-order valence-electron chi connectivity index (χ2n) is 6.21. The van der Waals surface area contributed by atoms with E-state index in [0.717, 1.165) is 11.1 Å². The van der Waals surface area contributed by atoms with Gasteiger partial charge in [0.15, 0.2) is 0 Å². The van der Waals surface area contributed by atoms with E-state index in [2.05, 4.69) is 0 Å². The van der Waals surface area contributed by atoms with Crippen molar-refractivity contribution in [2.75, 3.05) is 14.2 Å². The van der Waals surface area contributed by atoms with Crippen LogP contribution in [0.1, 0.15) is 49.7 Å². The quantitative estimate of drug-likeness (QED) is 0.507. The fourth-order valence-corrected chi connectivity index (χ4v) is 2.99. The van der Waals surface area contributed by atoms with Crippen LogP contribution < -0.4 is 9.47 Å². The summed E-state index contributed by atoms with van der Waals surface area (Å²) in [4.78, 5) is 25.2. The van der Waals surface area contributed by atoms with Crippen molar-refractivity contribution in [3.63, 3.8) is 0 Å². The molecule has 0 fully saturated rings. The summed E-state index contributed by atoms with van der Waals surface area (Å²) < 4.78 is 15.5. The first-order chi connectivity index (χ1) is 13.0. The monoisotopic (exact) mass is 370 g/mol. The Labute approximate surface area is 160 Å². The van der Waals surface area contributed by atoms with Crippen LogP contribution in [-0.4, -0.2) is 26.2 Å². The maximum atomic E-state index is 12.6. The molecule has 0 aromatic heterocycles. The van der Waals surface area contributed by atoms with E-state index in [1.54, 1.807) is 38.5 Å². The fraction of sp³-hybridized carbons (Fsp3) is 0.364. The Morgan fingerprint density at radius 2 is 1.04 bits per heavy atom.